The van der Waals surface area contributed by atoms with E-state index in [-0.39, 0.29) is 22.7 Å². The summed E-state index contributed by atoms with van der Waals surface area (Å²) >= 11 is 0. The van der Waals surface area contributed by atoms with E-state index in [9.17, 15) is 24.9 Å². The van der Waals surface area contributed by atoms with Crippen LogP contribution in [-0.2, 0) is 16.6 Å². The molecule has 0 radical (unpaired) electrons. The number of allylic oxidation sites excluding steroid dienone is 1. The molecule has 0 aliphatic heterocycles. The summed E-state index contributed by atoms with van der Waals surface area (Å²) in [7, 11) is 1.75. The van der Waals surface area contributed by atoms with E-state index in [4.69, 9.17) is 4.74 Å². The summed E-state index contributed by atoms with van der Waals surface area (Å²) in [5, 5.41) is 33.8. The van der Waals surface area contributed by atoms with Crippen LogP contribution < -0.4 is 0 Å². The van der Waals surface area contributed by atoms with E-state index in [1.165, 1.54) is 0 Å². The number of ketones is 1. The van der Waals surface area contributed by atoms with Crippen molar-refractivity contribution >= 4 is 11.8 Å². The fourth-order valence-corrected chi connectivity index (χ4v) is 7.20. The Hall–Kier alpha value is -2.22. The number of aliphatic hydroxyl groups is 3. The largest absolute Gasteiger partial charge is 0.450 e. The molecule has 7 atom stereocenters. The van der Waals surface area contributed by atoms with Gasteiger partial charge in [0.1, 0.15) is 11.8 Å². The molecule has 4 aliphatic carbocycles. The van der Waals surface area contributed by atoms with Crippen LogP contribution in [0.5, 0.6) is 0 Å². The molecule has 0 aromatic carbocycles. The van der Waals surface area contributed by atoms with Gasteiger partial charge in [-0.15, -0.1) is 0 Å². The van der Waals surface area contributed by atoms with Gasteiger partial charge in [0.15, 0.2) is 17.5 Å². The zero-order valence-electron chi connectivity index (χ0n) is 19.8. The third-order valence-electron chi connectivity index (χ3n) is 9.27. The van der Waals surface area contributed by atoms with E-state index in [1.807, 2.05) is 6.92 Å². The van der Waals surface area contributed by atoms with Crippen molar-refractivity contribution in [2.75, 3.05) is 6.61 Å². The predicted octanol–water partition coefficient (Wildman–Crippen LogP) is 2.08. The molecule has 2 bridgehead atoms. The number of rotatable bonds is 3. The van der Waals surface area contributed by atoms with Crippen molar-refractivity contribution in [2.45, 2.75) is 58.3 Å². The van der Waals surface area contributed by atoms with E-state index < -0.39 is 41.7 Å². The number of aryl methyl sites for hydroxylation is 1. The molecule has 7 nitrogen and oxygen atoms in total. The fourth-order valence-electron chi connectivity index (χ4n) is 7.20. The SMILES string of the molecule is CC1=C[C@@]23CC[C@@H]4[C@H]([C@H](C=C(CO)[C@@H](O)[C@]2(O)[C@H]1OC(=O)c1ccc(C)n1C)C3=O)C4(C)C. The molecule has 4 aliphatic rings. The van der Waals surface area contributed by atoms with Crippen LogP contribution in [0.2, 0.25) is 0 Å². The number of ether oxygens (including phenoxy) is 1. The summed E-state index contributed by atoms with van der Waals surface area (Å²) in [6, 6.07) is 3.45. The number of Topliss-reactive ketones (excluding diaryl/α,β-unsaturated/α-hetero) is 1. The summed E-state index contributed by atoms with van der Waals surface area (Å²) in [6.45, 7) is 7.40. The maximum Gasteiger partial charge on any atom is 0.355 e. The van der Waals surface area contributed by atoms with Crippen molar-refractivity contribution in [3.8, 4) is 0 Å². The molecule has 0 amide bonds. The van der Waals surface area contributed by atoms with Gasteiger partial charge in [-0.3, -0.25) is 4.79 Å². The molecule has 0 saturated heterocycles. The number of hydrogen-bond donors (Lipinski definition) is 3. The lowest BCUT2D eigenvalue weighted by Crippen LogP contribution is -2.63. The summed E-state index contributed by atoms with van der Waals surface area (Å²) < 4.78 is 7.55. The highest BCUT2D eigenvalue weighted by Crippen LogP contribution is 2.70. The highest BCUT2D eigenvalue weighted by molar-refractivity contribution is 5.95. The second-order valence-corrected chi connectivity index (χ2v) is 11.1. The normalized spacial score (nSPS) is 40.7. The van der Waals surface area contributed by atoms with Crippen LogP contribution in [0.25, 0.3) is 0 Å². The van der Waals surface area contributed by atoms with Gasteiger partial charge in [0.05, 0.1) is 12.0 Å². The molecule has 1 aromatic heterocycles. The minimum absolute atomic E-state index is 0.0139. The number of nitrogens with zero attached hydrogens (tertiary/aromatic N) is 1. The maximum atomic E-state index is 14.1. The average molecular weight is 456 g/mol. The standard InChI is InChI=1S/C26H33NO6/c1-13-11-25-9-8-17-19(24(17,3)4)16(21(25)30)10-15(12-28)20(29)26(25,32)22(13)33-23(31)18-7-6-14(2)27(18)5/h6-7,10-11,16-17,19-20,22,28-29,32H,8-9,12H2,1-5H3/t16-,17+,19-,20+,22-,25+,26-/m0/s1. The van der Waals surface area contributed by atoms with Crippen LogP contribution in [0.3, 0.4) is 0 Å². The number of hydrogen-bond acceptors (Lipinski definition) is 6. The first-order valence-corrected chi connectivity index (χ1v) is 11.7. The van der Waals surface area contributed by atoms with Gasteiger partial charge in [-0.1, -0.05) is 26.0 Å². The molecule has 5 rings (SSSR count). The minimum Gasteiger partial charge on any atom is -0.450 e. The first-order chi connectivity index (χ1) is 15.4. The number of esters is 1. The number of aliphatic hydroxyl groups excluding tert-OH is 2. The van der Waals surface area contributed by atoms with Crippen LogP contribution in [0, 0.1) is 35.5 Å². The van der Waals surface area contributed by atoms with Crippen molar-refractivity contribution in [2.24, 2.45) is 35.6 Å². The zero-order valence-corrected chi connectivity index (χ0v) is 19.8. The lowest BCUT2D eigenvalue weighted by Gasteiger charge is -2.46. The van der Waals surface area contributed by atoms with Gasteiger partial charge in [0.2, 0.25) is 0 Å². The summed E-state index contributed by atoms with van der Waals surface area (Å²) in [6.07, 6.45) is 1.74. The fraction of sp³-hybridized carbons (Fsp3) is 0.615. The Morgan fingerprint density at radius 2 is 1.97 bits per heavy atom. The number of fused-ring (bicyclic) bond motifs is 3. The van der Waals surface area contributed by atoms with Crippen molar-refractivity contribution < 1.29 is 29.6 Å². The molecule has 2 fully saturated rings. The van der Waals surface area contributed by atoms with Gasteiger partial charge in [-0.05, 0) is 67.2 Å². The first-order valence-electron chi connectivity index (χ1n) is 11.7. The Kier molecular flexibility index (Phi) is 4.72. The lowest BCUT2D eigenvalue weighted by molar-refractivity contribution is -0.182. The molecule has 0 unspecified atom stereocenters. The van der Waals surface area contributed by atoms with Gasteiger partial charge in [-0.25, -0.2) is 4.79 Å². The van der Waals surface area contributed by atoms with E-state index >= 15 is 0 Å². The molecule has 178 valence electrons. The molecule has 1 heterocycles. The third kappa shape index (κ3) is 2.67. The van der Waals surface area contributed by atoms with E-state index in [2.05, 4.69) is 13.8 Å². The number of carbonyl (C=O) groups is 2. The Balaban J connectivity index is 1.61. The zero-order chi connectivity index (χ0) is 24.1. The van der Waals surface area contributed by atoms with Crippen LogP contribution in [-0.4, -0.2) is 56.1 Å². The molecule has 7 heteroatoms. The van der Waals surface area contributed by atoms with Gasteiger partial charge in [0.25, 0.3) is 0 Å². The van der Waals surface area contributed by atoms with Crippen LogP contribution >= 0.6 is 0 Å². The van der Waals surface area contributed by atoms with Crippen molar-refractivity contribution in [1.29, 1.82) is 0 Å². The van der Waals surface area contributed by atoms with Crippen molar-refractivity contribution in [3.63, 3.8) is 0 Å². The first kappa shape index (κ1) is 22.6. The summed E-state index contributed by atoms with van der Waals surface area (Å²) in [4.78, 5) is 27.2. The molecular weight excluding hydrogens is 422 g/mol. The second-order valence-electron chi connectivity index (χ2n) is 11.1. The highest BCUT2D eigenvalue weighted by atomic mass is 16.6. The molecule has 1 spiro atoms. The summed E-state index contributed by atoms with van der Waals surface area (Å²) in [5.41, 5.74) is -1.54. The second kappa shape index (κ2) is 6.90. The Labute approximate surface area is 193 Å². The number of aromatic nitrogens is 1. The summed E-state index contributed by atoms with van der Waals surface area (Å²) in [5.74, 6) is -0.878. The van der Waals surface area contributed by atoms with Crippen molar-refractivity contribution in [1.82, 2.24) is 4.57 Å². The Morgan fingerprint density at radius 1 is 1.27 bits per heavy atom. The van der Waals surface area contributed by atoms with E-state index in [1.54, 1.807) is 42.8 Å². The minimum atomic E-state index is -2.09. The van der Waals surface area contributed by atoms with Gasteiger partial charge in [0, 0.05) is 18.7 Å². The molecule has 33 heavy (non-hydrogen) atoms. The van der Waals surface area contributed by atoms with Crippen molar-refractivity contribution in [3.05, 3.63) is 46.8 Å². The monoisotopic (exact) mass is 455 g/mol. The topological polar surface area (TPSA) is 109 Å². The van der Waals surface area contributed by atoms with E-state index in [0.29, 0.717) is 23.6 Å². The molecule has 1 aromatic rings. The van der Waals surface area contributed by atoms with Gasteiger partial charge < -0.3 is 24.6 Å². The van der Waals surface area contributed by atoms with E-state index in [0.717, 1.165) is 12.1 Å². The molecular formula is C26H33NO6. The smallest absolute Gasteiger partial charge is 0.355 e. The van der Waals surface area contributed by atoms with Gasteiger partial charge in [-0.2, -0.15) is 0 Å². The maximum absolute atomic E-state index is 14.1. The predicted molar refractivity (Wildman–Crippen MR) is 120 cm³/mol. The third-order valence-corrected chi connectivity index (χ3v) is 9.27. The number of carbonyl (C=O) groups excluding carboxylic acids is 2. The van der Waals surface area contributed by atoms with Crippen LogP contribution in [0.15, 0.2) is 35.4 Å². The molecule has 3 N–H and O–H groups in total. The molecule has 2 saturated carbocycles. The van der Waals surface area contributed by atoms with Crippen LogP contribution in [0.1, 0.15) is 49.8 Å². The quantitative estimate of drug-likeness (QED) is 0.476. The lowest BCUT2D eigenvalue weighted by atomic mass is 9.63. The Bertz CT molecular complexity index is 1110. The highest BCUT2D eigenvalue weighted by Gasteiger charge is 2.74. The van der Waals surface area contributed by atoms with Crippen LogP contribution in [0.4, 0.5) is 0 Å². The van der Waals surface area contributed by atoms with Gasteiger partial charge >= 0.3 is 5.97 Å². The Morgan fingerprint density at radius 3 is 2.58 bits per heavy atom. The average Bonchev–Trinajstić information content (AvgIpc) is 3.10.